The second-order valence-electron chi connectivity index (χ2n) is 4.68. The van der Waals surface area contributed by atoms with Crippen LogP contribution in [0.2, 0.25) is 0 Å². The van der Waals surface area contributed by atoms with Crippen molar-refractivity contribution in [2.24, 2.45) is 5.41 Å². The number of ether oxygens (including phenoxy) is 1. The van der Waals surface area contributed by atoms with E-state index in [2.05, 4.69) is 20.8 Å². The number of hydrogen-bond donors (Lipinski definition) is 0. The fraction of sp³-hybridized carbons (Fsp3) is 0.500. The summed E-state index contributed by atoms with van der Waals surface area (Å²) < 4.78 is 18.7. The predicted octanol–water partition coefficient (Wildman–Crippen LogP) is 3.35. The third kappa shape index (κ3) is 1.39. The third-order valence-corrected chi connectivity index (χ3v) is 3.21. The topological polar surface area (TPSA) is 9.23 Å². The number of fused-ring (bicyclic) bond motifs is 1. The van der Waals surface area contributed by atoms with Crippen molar-refractivity contribution in [1.82, 2.24) is 0 Å². The van der Waals surface area contributed by atoms with Gasteiger partial charge in [-0.1, -0.05) is 20.8 Å². The highest BCUT2D eigenvalue weighted by Gasteiger charge is 2.34. The lowest BCUT2D eigenvalue weighted by Crippen LogP contribution is -2.32. The molecule has 1 aromatic rings. The van der Waals surface area contributed by atoms with Crippen LogP contribution in [0.15, 0.2) is 18.2 Å². The SMILES string of the molecule is CC1c2cc(F)ccc2OCC1(C)C. The van der Waals surface area contributed by atoms with Crippen molar-refractivity contribution >= 4 is 0 Å². The summed E-state index contributed by atoms with van der Waals surface area (Å²) in [5, 5.41) is 0. The molecule has 76 valence electrons. The molecule has 0 N–H and O–H groups in total. The molecule has 0 saturated carbocycles. The van der Waals surface area contributed by atoms with E-state index in [1.54, 1.807) is 12.1 Å². The summed E-state index contributed by atoms with van der Waals surface area (Å²) in [6, 6.07) is 4.75. The molecule has 1 heterocycles. The molecular formula is C12H15FO. The van der Waals surface area contributed by atoms with E-state index in [0.29, 0.717) is 12.5 Å². The Morgan fingerprint density at radius 1 is 1.43 bits per heavy atom. The monoisotopic (exact) mass is 194 g/mol. The number of hydrogen-bond acceptors (Lipinski definition) is 1. The van der Waals surface area contributed by atoms with Crippen molar-refractivity contribution in [2.75, 3.05) is 6.61 Å². The summed E-state index contributed by atoms with van der Waals surface area (Å²) in [6.45, 7) is 7.12. The minimum absolute atomic E-state index is 0.0841. The van der Waals surface area contributed by atoms with Gasteiger partial charge in [0, 0.05) is 11.0 Å². The molecule has 14 heavy (non-hydrogen) atoms. The van der Waals surface area contributed by atoms with Gasteiger partial charge < -0.3 is 4.74 Å². The third-order valence-electron chi connectivity index (χ3n) is 3.21. The van der Waals surface area contributed by atoms with Crippen molar-refractivity contribution in [3.8, 4) is 5.75 Å². The van der Waals surface area contributed by atoms with E-state index >= 15 is 0 Å². The molecule has 0 saturated heterocycles. The normalized spacial score (nSPS) is 23.9. The Morgan fingerprint density at radius 2 is 2.14 bits per heavy atom. The van der Waals surface area contributed by atoms with Gasteiger partial charge in [0.2, 0.25) is 0 Å². The van der Waals surface area contributed by atoms with Gasteiger partial charge in [-0.25, -0.2) is 4.39 Å². The van der Waals surface area contributed by atoms with Gasteiger partial charge in [0.25, 0.3) is 0 Å². The smallest absolute Gasteiger partial charge is 0.123 e. The molecule has 0 aliphatic carbocycles. The quantitative estimate of drug-likeness (QED) is 0.615. The molecular weight excluding hydrogens is 179 g/mol. The minimum atomic E-state index is -0.183. The molecule has 1 aromatic carbocycles. The summed E-state index contributed by atoms with van der Waals surface area (Å²) >= 11 is 0. The van der Waals surface area contributed by atoms with E-state index in [0.717, 1.165) is 11.3 Å². The summed E-state index contributed by atoms with van der Waals surface area (Å²) in [5.74, 6) is 0.983. The molecule has 0 aromatic heterocycles. The zero-order valence-electron chi connectivity index (χ0n) is 8.80. The summed E-state index contributed by atoms with van der Waals surface area (Å²) in [6.07, 6.45) is 0. The van der Waals surface area contributed by atoms with Gasteiger partial charge in [0.1, 0.15) is 11.6 Å². The van der Waals surface area contributed by atoms with Gasteiger partial charge in [-0.05, 0) is 24.1 Å². The average molecular weight is 194 g/mol. The van der Waals surface area contributed by atoms with E-state index < -0.39 is 0 Å². The molecule has 0 radical (unpaired) electrons. The van der Waals surface area contributed by atoms with Gasteiger partial charge >= 0.3 is 0 Å². The highest BCUT2D eigenvalue weighted by Crippen LogP contribution is 2.43. The number of rotatable bonds is 0. The zero-order valence-corrected chi connectivity index (χ0v) is 8.80. The maximum atomic E-state index is 13.1. The number of halogens is 1. The van der Waals surface area contributed by atoms with Crippen LogP contribution < -0.4 is 4.74 Å². The molecule has 0 bridgehead atoms. The van der Waals surface area contributed by atoms with Crippen LogP contribution in [0.1, 0.15) is 32.3 Å². The Balaban J connectivity index is 2.48. The van der Waals surface area contributed by atoms with Crippen molar-refractivity contribution in [1.29, 1.82) is 0 Å². The van der Waals surface area contributed by atoms with Crippen molar-refractivity contribution in [3.63, 3.8) is 0 Å². The molecule has 0 amide bonds. The molecule has 1 atom stereocenters. The first-order valence-electron chi connectivity index (χ1n) is 4.93. The Bertz CT molecular complexity index is 357. The standard InChI is InChI=1S/C12H15FO/c1-8-10-6-9(13)4-5-11(10)14-7-12(8,2)3/h4-6,8H,7H2,1-3H3. The first kappa shape index (κ1) is 9.50. The first-order chi connectivity index (χ1) is 6.50. The van der Waals surface area contributed by atoms with Gasteiger partial charge in [-0.15, -0.1) is 0 Å². The van der Waals surface area contributed by atoms with Crippen LogP contribution in [-0.2, 0) is 0 Å². The van der Waals surface area contributed by atoms with Crippen molar-refractivity contribution < 1.29 is 9.13 Å². The van der Waals surface area contributed by atoms with Crippen LogP contribution in [0.5, 0.6) is 5.75 Å². The van der Waals surface area contributed by atoms with Gasteiger partial charge in [-0.3, -0.25) is 0 Å². The van der Waals surface area contributed by atoms with Crippen LogP contribution >= 0.6 is 0 Å². The van der Waals surface area contributed by atoms with E-state index in [9.17, 15) is 4.39 Å². The highest BCUT2D eigenvalue weighted by atomic mass is 19.1. The van der Waals surface area contributed by atoms with Gasteiger partial charge in [0.05, 0.1) is 6.61 Å². The summed E-state index contributed by atoms with van der Waals surface area (Å²) in [4.78, 5) is 0. The second kappa shape index (κ2) is 2.97. The van der Waals surface area contributed by atoms with Crippen molar-refractivity contribution in [2.45, 2.75) is 26.7 Å². The maximum Gasteiger partial charge on any atom is 0.123 e. The molecule has 1 nitrogen and oxygen atoms in total. The Labute approximate surface area is 83.9 Å². The van der Waals surface area contributed by atoms with E-state index in [1.807, 2.05) is 0 Å². The largest absolute Gasteiger partial charge is 0.493 e. The fourth-order valence-electron chi connectivity index (χ4n) is 1.80. The van der Waals surface area contributed by atoms with E-state index in [4.69, 9.17) is 4.74 Å². The van der Waals surface area contributed by atoms with E-state index in [1.165, 1.54) is 6.07 Å². The number of benzene rings is 1. The summed E-state index contributed by atoms with van der Waals surface area (Å²) in [7, 11) is 0. The predicted molar refractivity (Wildman–Crippen MR) is 54.1 cm³/mol. The van der Waals surface area contributed by atoms with Crippen LogP contribution in [0.25, 0.3) is 0 Å². The highest BCUT2D eigenvalue weighted by molar-refractivity contribution is 5.39. The Kier molecular flexibility index (Phi) is 2.02. The second-order valence-corrected chi connectivity index (χ2v) is 4.68. The molecule has 1 unspecified atom stereocenters. The van der Waals surface area contributed by atoms with Crippen LogP contribution in [-0.4, -0.2) is 6.61 Å². The van der Waals surface area contributed by atoms with E-state index in [-0.39, 0.29) is 11.2 Å². The first-order valence-corrected chi connectivity index (χ1v) is 4.93. The lowest BCUT2D eigenvalue weighted by molar-refractivity contribution is 0.127. The zero-order chi connectivity index (χ0) is 10.3. The van der Waals surface area contributed by atoms with Crippen LogP contribution in [0.3, 0.4) is 0 Å². The lowest BCUT2D eigenvalue weighted by Gasteiger charge is -2.37. The lowest BCUT2D eigenvalue weighted by atomic mass is 9.75. The van der Waals surface area contributed by atoms with Crippen molar-refractivity contribution in [3.05, 3.63) is 29.6 Å². The maximum absolute atomic E-state index is 13.1. The summed E-state index contributed by atoms with van der Waals surface area (Å²) in [5.41, 5.74) is 1.07. The van der Waals surface area contributed by atoms with Crippen LogP contribution in [0.4, 0.5) is 4.39 Å². The Hall–Kier alpha value is -1.05. The van der Waals surface area contributed by atoms with Gasteiger partial charge in [-0.2, -0.15) is 0 Å². The molecule has 2 heteroatoms. The fourth-order valence-corrected chi connectivity index (χ4v) is 1.80. The minimum Gasteiger partial charge on any atom is -0.493 e. The van der Waals surface area contributed by atoms with Crippen LogP contribution in [0, 0.1) is 11.2 Å². The molecule has 2 rings (SSSR count). The molecule has 0 spiro atoms. The molecule has 1 aliphatic heterocycles. The molecule has 1 aliphatic rings. The molecule has 0 fully saturated rings. The Morgan fingerprint density at radius 3 is 2.86 bits per heavy atom. The van der Waals surface area contributed by atoms with Gasteiger partial charge in [0.15, 0.2) is 0 Å². The average Bonchev–Trinajstić information content (AvgIpc) is 2.13.